The maximum absolute atomic E-state index is 12.0. The predicted octanol–water partition coefficient (Wildman–Crippen LogP) is 2.17. The summed E-state index contributed by atoms with van der Waals surface area (Å²) in [5.74, 6) is -0.596. The van der Waals surface area contributed by atoms with Crippen LogP contribution in [0.5, 0.6) is 17.2 Å². The minimum absolute atomic E-state index is 0.0723. The second kappa shape index (κ2) is 9.76. The molecule has 1 N–H and O–H groups in total. The van der Waals surface area contributed by atoms with Crippen LogP contribution >= 0.6 is 0 Å². The molecule has 10 heteroatoms. The van der Waals surface area contributed by atoms with Gasteiger partial charge in [0.2, 0.25) is 0 Å². The number of nitro groups is 1. The monoisotopic (exact) mass is 390 g/mol. The van der Waals surface area contributed by atoms with Crippen LogP contribution in [0.4, 0.5) is 11.4 Å². The fourth-order valence-electron chi connectivity index (χ4n) is 2.14. The summed E-state index contributed by atoms with van der Waals surface area (Å²) in [5.41, 5.74) is 0.0974. The zero-order valence-corrected chi connectivity index (χ0v) is 15.2. The van der Waals surface area contributed by atoms with Crippen LogP contribution in [0.3, 0.4) is 0 Å². The van der Waals surface area contributed by atoms with Crippen molar-refractivity contribution in [1.82, 2.24) is 0 Å². The molecule has 0 spiro atoms. The average molecular weight is 390 g/mol. The van der Waals surface area contributed by atoms with Crippen LogP contribution in [0.1, 0.15) is 0 Å². The molecule has 0 atom stereocenters. The van der Waals surface area contributed by atoms with E-state index < -0.39 is 30.0 Å². The van der Waals surface area contributed by atoms with Crippen LogP contribution in [-0.2, 0) is 14.3 Å². The Morgan fingerprint density at radius 3 is 2.46 bits per heavy atom. The summed E-state index contributed by atoms with van der Waals surface area (Å²) in [5, 5.41) is 13.4. The number of benzene rings is 2. The van der Waals surface area contributed by atoms with Crippen molar-refractivity contribution in [1.29, 1.82) is 0 Å². The third-order valence-corrected chi connectivity index (χ3v) is 3.45. The van der Waals surface area contributed by atoms with Crippen molar-refractivity contribution in [2.45, 2.75) is 0 Å². The van der Waals surface area contributed by atoms with Gasteiger partial charge in [0.25, 0.3) is 5.91 Å². The Hall–Kier alpha value is -3.82. The minimum atomic E-state index is -0.852. The predicted molar refractivity (Wildman–Crippen MR) is 97.7 cm³/mol. The van der Waals surface area contributed by atoms with E-state index >= 15 is 0 Å². The van der Waals surface area contributed by atoms with Crippen molar-refractivity contribution in [3.05, 3.63) is 52.6 Å². The topological polar surface area (TPSA) is 126 Å². The van der Waals surface area contributed by atoms with Gasteiger partial charge in [-0.05, 0) is 18.2 Å². The third-order valence-electron chi connectivity index (χ3n) is 3.45. The van der Waals surface area contributed by atoms with Crippen molar-refractivity contribution in [2.24, 2.45) is 0 Å². The molecule has 0 aliphatic rings. The first-order valence-corrected chi connectivity index (χ1v) is 7.98. The van der Waals surface area contributed by atoms with E-state index in [0.29, 0.717) is 17.2 Å². The number of carbonyl (C=O) groups is 2. The zero-order valence-electron chi connectivity index (χ0n) is 15.2. The molecule has 28 heavy (non-hydrogen) atoms. The smallest absolute Gasteiger partial charge is 0.344 e. The molecule has 0 aliphatic heterocycles. The second-order valence-electron chi connectivity index (χ2n) is 5.29. The molecule has 2 aromatic carbocycles. The number of nitro benzene ring substituents is 1. The first-order valence-electron chi connectivity index (χ1n) is 7.98. The second-order valence-corrected chi connectivity index (χ2v) is 5.29. The van der Waals surface area contributed by atoms with Gasteiger partial charge in [0.05, 0.1) is 24.8 Å². The molecule has 0 heterocycles. The Morgan fingerprint density at radius 2 is 1.79 bits per heavy atom. The van der Waals surface area contributed by atoms with Crippen molar-refractivity contribution >= 4 is 23.3 Å². The van der Waals surface area contributed by atoms with Crippen LogP contribution in [0.2, 0.25) is 0 Å². The molecule has 148 valence electrons. The number of esters is 1. The van der Waals surface area contributed by atoms with E-state index in [9.17, 15) is 19.7 Å². The van der Waals surface area contributed by atoms with Gasteiger partial charge in [-0.3, -0.25) is 14.9 Å². The lowest BCUT2D eigenvalue weighted by atomic mass is 10.2. The van der Waals surface area contributed by atoms with Crippen LogP contribution in [0, 0.1) is 10.1 Å². The number of anilines is 1. The summed E-state index contributed by atoms with van der Waals surface area (Å²) < 4.78 is 20.1. The number of hydrogen-bond acceptors (Lipinski definition) is 8. The molecule has 0 bridgehead atoms. The Kier molecular flexibility index (Phi) is 7.14. The number of methoxy groups -OCH3 is 2. The lowest BCUT2D eigenvalue weighted by Crippen LogP contribution is -2.24. The maximum atomic E-state index is 12.0. The van der Waals surface area contributed by atoms with Gasteiger partial charge in [-0.1, -0.05) is 12.1 Å². The highest BCUT2D eigenvalue weighted by Crippen LogP contribution is 2.29. The number of hydrogen-bond donors (Lipinski definition) is 1. The van der Waals surface area contributed by atoms with Gasteiger partial charge in [0, 0.05) is 12.1 Å². The van der Waals surface area contributed by atoms with E-state index in [0.717, 1.165) is 0 Å². The molecule has 2 rings (SSSR count). The summed E-state index contributed by atoms with van der Waals surface area (Å²) in [6.07, 6.45) is 0. The van der Waals surface area contributed by atoms with Crippen LogP contribution in [0.25, 0.3) is 0 Å². The van der Waals surface area contributed by atoms with Crippen molar-refractivity contribution in [2.75, 3.05) is 32.8 Å². The van der Waals surface area contributed by atoms with Crippen molar-refractivity contribution in [3.8, 4) is 17.2 Å². The van der Waals surface area contributed by atoms with Gasteiger partial charge < -0.3 is 24.3 Å². The van der Waals surface area contributed by atoms with Gasteiger partial charge in [0.15, 0.2) is 19.0 Å². The fourth-order valence-corrected chi connectivity index (χ4v) is 2.14. The average Bonchev–Trinajstić information content (AvgIpc) is 2.71. The summed E-state index contributed by atoms with van der Waals surface area (Å²) >= 11 is 0. The van der Waals surface area contributed by atoms with Crippen LogP contribution < -0.4 is 19.5 Å². The highest BCUT2D eigenvalue weighted by Gasteiger charge is 2.16. The molecule has 0 unspecified atom stereocenters. The Labute approximate surface area is 160 Å². The Balaban J connectivity index is 1.85. The molecule has 0 saturated heterocycles. The van der Waals surface area contributed by atoms with Crippen LogP contribution in [-0.4, -0.2) is 44.2 Å². The molecule has 1 amide bonds. The van der Waals surface area contributed by atoms with Gasteiger partial charge in [-0.2, -0.15) is 0 Å². The highest BCUT2D eigenvalue weighted by molar-refractivity contribution is 5.94. The van der Waals surface area contributed by atoms with Crippen molar-refractivity contribution in [3.63, 3.8) is 0 Å². The molecular formula is C18H18N2O8. The van der Waals surface area contributed by atoms with Crippen molar-refractivity contribution < 1.29 is 33.5 Å². The standard InChI is InChI=1S/C18H18N2O8/c1-25-12-7-8-13(16(9-12)26-2)19-17(21)10-28-18(22)11-27-15-6-4-3-5-14(15)20(23)24/h3-9H,10-11H2,1-2H3,(H,19,21). The molecule has 0 radical (unpaired) electrons. The summed E-state index contributed by atoms with van der Waals surface area (Å²) in [7, 11) is 2.93. The molecule has 10 nitrogen and oxygen atoms in total. The minimum Gasteiger partial charge on any atom is -0.497 e. The fraction of sp³-hybridized carbons (Fsp3) is 0.222. The van der Waals surface area contributed by atoms with E-state index in [1.165, 1.54) is 38.5 Å². The summed E-state index contributed by atoms with van der Waals surface area (Å²) in [6.45, 7) is -1.14. The number of para-hydroxylation sites is 2. The van der Waals surface area contributed by atoms with E-state index in [2.05, 4.69) is 5.32 Å². The quantitative estimate of drug-likeness (QED) is 0.392. The zero-order chi connectivity index (χ0) is 20.5. The van der Waals surface area contributed by atoms with E-state index in [1.54, 1.807) is 18.2 Å². The number of rotatable bonds is 9. The van der Waals surface area contributed by atoms with Gasteiger partial charge in [0.1, 0.15) is 11.5 Å². The molecule has 0 saturated carbocycles. The SMILES string of the molecule is COc1ccc(NC(=O)COC(=O)COc2ccccc2[N+](=O)[O-])c(OC)c1. The molecule has 0 aliphatic carbocycles. The summed E-state index contributed by atoms with van der Waals surface area (Å²) in [6, 6.07) is 10.4. The normalized spacial score (nSPS) is 9.93. The number of amides is 1. The van der Waals surface area contributed by atoms with Gasteiger partial charge in [-0.15, -0.1) is 0 Å². The van der Waals surface area contributed by atoms with Crippen LogP contribution in [0.15, 0.2) is 42.5 Å². The Bertz CT molecular complexity index is 868. The third kappa shape index (κ3) is 5.59. The number of nitrogens with one attached hydrogen (secondary N) is 1. The highest BCUT2D eigenvalue weighted by atomic mass is 16.6. The summed E-state index contributed by atoms with van der Waals surface area (Å²) in [4.78, 5) is 33.9. The number of carbonyl (C=O) groups excluding carboxylic acids is 2. The molecular weight excluding hydrogens is 372 g/mol. The first kappa shape index (κ1) is 20.5. The lowest BCUT2D eigenvalue weighted by molar-refractivity contribution is -0.385. The molecule has 0 aromatic heterocycles. The van der Waals surface area contributed by atoms with E-state index in [1.807, 2.05) is 0 Å². The maximum Gasteiger partial charge on any atom is 0.344 e. The molecule has 2 aromatic rings. The molecule has 0 fully saturated rings. The van der Waals surface area contributed by atoms with Gasteiger partial charge in [-0.25, -0.2) is 4.79 Å². The Morgan fingerprint density at radius 1 is 1.04 bits per heavy atom. The largest absolute Gasteiger partial charge is 0.497 e. The van der Waals surface area contributed by atoms with E-state index in [-0.39, 0.29) is 11.4 Å². The number of nitrogens with zero attached hydrogens (tertiary/aromatic N) is 1. The number of ether oxygens (including phenoxy) is 4. The lowest BCUT2D eigenvalue weighted by Gasteiger charge is -2.12. The van der Waals surface area contributed by atoms with E-state index in [4.69, 9.17) is 18.9 Å². The first-order chi connectivity index (χ1) is 13.4. The van der Waals surface area contributed by atoms with Gasteiger partial charge >= 0.3 is 11.7 Å².